The molecule has 0 aliphatic carbocycles. The van der Waals surface area contributed by atoms with E-state index in [1.165, 1.54) is 18.2 Å². The first-order chi connectivity index (χ1) is 5.11. The van der Waals surface area contributed by atoms with Crippen LogP contribution in [-0.4, -0.2) is 5.84 Å². The van der Waals surface area contributed by atoms with Gasteiger partial charge in [0.2, 0.25) is 0 Å². The molecule has 1 aromatic rings. The zero-order chi connectivity index (χ0) is 8.43. The Morgan fingerprint density at radius 3 is 2.55 bits per heavy atom. The van der Waals surface area contributed by atoms with Gasteiger partial charge in [0, 0.05) is 5.69 Å². The maximum atomic E-state index is 12.5. The van der Waals surface area contributed by atoms with E-state index < -0.39 is 5.82 Å². The maximum Gasteiger partial charge on any atom is 0.272 e. The van der Waals surface area contributed by atoms with Crippen LogP contribution in [0.1, 0.15) is 5.56 Å². The smallest absolute Gasteiger partial charge is 0.272 e. The first-order valence-electron chi connectivity index (χ1n) is 3.04. The lowest BCUT2D eigenvalue weighted by Crippen LogP contribution is -2.46. The lowest BCUT2D eigenvalue weighted by atomic mass is 10.1. The summed E-state index contributed by atoms with van der Waals surface area (Å²) in [7, 11) is 0. The molecule has 0 radical (unpaired) electrons. The lowest BCUT2D eigenvalue weighted by Gasteiger charge is -1.98. The summed E-state index contributed by atoms with van der Waals surface area (Å²) in [6.45, 7) is 0. The van der Waals surface area contributed by atoms with E-state index in [1.54, 1.807) is 0 Å². The van der Waals surface area contributed by atoms with Gasteiger partial charge in [0.25, 0.3) is 5.84 Å². The third-order valence-corrected chi connectivity index (χ3v) is 1.33. The van der Waals surface area contributed by atoms with Crippen molar-refractivity contribution in [1.82, 2.24) is 0 Å². The van der Waals surface area contributed by atoms with Crippen molar-refractivity contribution >= 4 is 11.5 Å². The molecule has 11 heavy (non-hydrogen) atoms. The second kappa shape index (κ2) is 2.57. The van der Waals surface area contributed by atoms with Gasteiger partial charge in [-0.3, -0.25) is 11.1 Å². The zero-order valence-corrected chi connectivity index (χ0v) is 5.84. The van der Waals surface area contributed by atoms with Gasteiger partial charge in [-0.2, -0.15) is 0 Å². The second-order valence-corrected chi connectivity index (χ2v) is 2.19. The van der Waals surface area contributed by atoms with E-state index in [4.69, 9.17) is 16.9 Å². The Morgan fingerprint density at radius 1 is 1.45 bits per heavy atom. The molecule has 1 aromatic carbocycles. The largest absolute Gasteiger partial charge is 0.398 e. The molecule has 0 aliphatic rings. The van der Waals surface area contributed by atoms with Crippen LogP contribution in [0.5, 0.6) is 0 Å². The topological polar surface area (TPSA) is 77.6 Å². The van der Waals surface area contributed by atoms with E-state index in [0.29, 0.717) is 11.3 Å². The van der Waals surface area contributed by atoms with E-state index in [1.807, 2.05) is 0 Å². The van der Waals surface area contributed by atoms with Gasteiger partial charge in [0.05, 0.1) is 5.56 Å². The first-order valence-corrected chi connectivity index (χ1v) is 3.04. The van der Waals surface area contributed by atoms with Crippen LogP contribution in [0, 0.1) is 5.82 Å². The van der Waals surface area contributed by atoms with Gasteiger partial charge in [-0.1, -0.05) is 0 Å². The number of halogens is 1. The summed E-state index contributed by atoms with van der Waals surface area (Å²) >= 11 is 0. The monoisotopic (exact) mass is 154 g/mol. The van der Waals surface area contributed by atoms with E-state index in [9.17, 15) is 4.39 Å². The Morgan fingerprint density at radius 2 is 2.09 bits per heavy atom. The van der Waals surface area contributed by atoms with E-state index in [0.717, 1.165) is 0 Å². The number of nitrogens with two attached hydrogens (primary N) is 3. The molecule has 0 fully saturated rings. The summed E-state index contributed by atoms with van der Waals surface area (Å²) in [5.74, 6) is -0.371. The van der Waals surface area contributed by atoms with Crippen molar-refractivity contribution in [3.63, 3.8) is 0 Å². The highest BCUT2D eigenvalue weighted by Crippen LogP contribution is 2.10. The van der Waals surface area contributed by atoms with Crippen LogP contribution in [0.3, 0.4) is 0 Å². The minimum absolute atomic E-state index is 0.0296. The number of anilines is 1. The average molecular weight is 154 g/mol. The van der Waals surface area contributed by atoms with Crippen molar-refractivity contribution in [2.24, 2.45) is 5.73 Å². The number of amidine groups is 1. The summed E-state index contributed by atoms with van der Waals surface area (Å²) in [5, 5.41) is 5.23. The highest BCUT2D eigenvalue weighted by molar-refractivity contribution is 5.97. The van der Waals surface area contributed by atoms with Gasteiger partial charge < -0.3 is 5.73 Å². The number of benzene rings is 1. The van der Waals surface area contributed by atoms with Crippen molar-refractivity contribution in [1.29, 1.82) is 0 Å². The standard InChI is InChI=1S/C7H8FN3/c8-4-1-2-6(9)5(3-4)7(10)11/h1-3H,9H2,(H3,10,11)/p+1. The van der Waals surface area contributed by atoms with Gasteiger partial charge in [0.1, 0.15) is 5.82 Å². The van der Waals surface area contributed by atoms with Gasteiger partial charge in [-0.05, 0) is 18.2 Å². The fraction of sp³-hybridized carbons (Fsp3) is 0. The Labute approximate surface area is 63.3 Å². The molecule has 0 heterocycles. The van der Waals surface area contributed by atoms with Crippen LogP contribution in [0.2, 0.25) is 0 Å². The van der Waals surface area contributed by atoms with Gasteiger partial charge in [0.15, 0.2) is 0 Å². The number of nitrogen functional groups attached to an aromatic ring is 1. The highest BCUT2D eigenvalue weighted by Gasteiger charge is 2.06. The van der Waals surface area contributed by atoms with Gasteiger partial charge in [-0.25, -0.2) is 4.39 Å². The third kappa shape index (κ3) is 1.46. The predicted octanol–water partition coefficient (Wildman–Crippen LogP) is -1.13. The Hall–Kier alpha value is -1.58. The molecule has 6 N–H and O–H groups in total. The molecule has 0 spiro atoms. The fourth-order valence-electron chi connectivity index (χ4n) is 0.779. The van der Waals surface area contributed by atoms with Gasteiger partial charge in [-0.15, -0.1) is 0 Å². The molecule has 0 bridgehead atoms. The van der Waals surface area contributed by atoms with E-state index >= 15 is 0 Å². The highest BCUT2D eigenvalue weighted by atomic mass is 19.1. The van der Waals surface area contributed by atoms with Crippen LogP contribution in [0.15, 0.2) is 18.2 Å². The Bertz CT molecular complexity index is 296. The number of hydrogen-bond acceptors (Lipinski definition) is 1. The molecule has 0 aliphatic heterocycles. The van der Waals surface area contributed by atoms with Crippen LogP contribution in [0.25, 0.3) is 0 Å². The molecule has 0 amide bonds. The van der Waals surface area contributed by atoms with Gasteiger partial charge >= 0.3 is 0 Å². The SMILES string of the molecule is NC(=[NH2+])c1cc(F)ccc1N. The molecule has 58 valence electrons. The molecule has 0 saturated carbocycles. The molecule has 3 nitrogen and oxygen atoms in total. The summed E-state index contributed by atoms with van der Waals surface area (Å²) < 4.78 is 12.5. The summed E-state index contributed by atoms with van der Waals surface area (Å²) in [6.07, 6.45) is 0. The Balaban J connectivity index is 3.23. The number of hydrogen-bond donors (Lipinski definition) is 3. The zero-order valence-electron chi connectivity index (χ0n) is 5.84. The summed E-state index contributed by atoms with van der Waals surface area (Å²) in [5.41, 5.74) is 11.4. The second-order valence-electron chi connectivity index (χ2n) is 2.19. The molecular weight excluding hydrogens is 145 g/mol. The van der Waals surface area contributed by atoms with Crippen molar-refractivity contribution < 1.29 is 9.80 Å². The normalized spacial score (nSPS) is 9.55. The van der Waals surface area contributed by atoms with Crippen LogP contribution >= 0.6 is 0 Å². The van der Waals surface area contributed by atoms with Crippen molar-refractivity contribution in [2.75, 3.05) is 5.73 Å². The van der Waals surface area contributed by atoms with Crippen molar-refractivity contribution in [3.05, 3.63) is 29.6 Å². The fourth-order valence-corrected chi connectivity index (χ4v) is 0.779. The van der Waals surface area contributed by atoms with Crippen LogP contribution in [0.4, 0.5) is 10.1 Å². The number of rotatable bonds is 1. The molecule has 0 aromatic heterocycles. The summed E-state index contributed by atoms with van der Waals surface area (Å²) in [4.78, 5) is 0. The lowest BCUT2D eigenvalue weighted by molar-refractivity contribution is -0.114. The minimum Gasteiger partial charge on any atom is -0.398 e. The molecule has 0 saturated heterocycles. The van der Waals surface area contributed by atoms with E-state index in [-0.39, 0.29) is 5.84 Å². The molecule has 0 unspecified atom stereocenters. The average Bonchev–Trinajstić information content (AvgIpc) is 1.94. The van der Waals surface area contributed by atoms with Crippen LogP contribution in [-0.2, 0) is 0 Å². The Kier molecular flexibility index (Phi) is 1.76. The van der Waals surface area contributed by atoms with Crippen molar-refractivity contribution in [2.45, 2.75) is 0 Å². The predicted molar refractivity (Wildman–Crippen MR) is 41.0 cm³/mol. The quantitative estimate of drug-likeness (QED) is 0.272. The van der Waals surface area contributed by atoms with Crippen LogP contribution < -0.4 is 16.9 Å². The van der Waals surface area contributed by atoms with E-state index in [2.05, 4.69) is 0 Å². The van der Waals surface area contributed by atoms with Crippen molar-refractivity contribution in [3.8, 4) is 0 Å². The molecule has 4 heteroatoms. The molecule has 0 atom stereocenters. The molecular formula is C7H9FN3+. The first kappa shape index (κ1) is 7.53. The molecule has 1 rings (SSSR count). The maximum absolute atomic E-state index is 12.5. The third-order valence-electron chi connectivity index (χ3n) is 1.33. The minimum atomic E-state index is -0.400. The summed E-state index contributed by atoms with van der Waals surface area (Å²) in [6, 6.07) is 3.87.